The lowest BCUT2D eigenvalue weighted by Gasteiger charge is -2.09. The summed E-state index contributed by atoms with van der Waals surface area (Å²) in [5, 5.41) is 17.5. The molecule has 0 aliphatic heterocycles. The average molecular weight is 305 g/mol. The van der Waals surface area contributed by atoms with Gasteiger partial charge in [-0.1, -0.05) is 15.9 Å². The van der Waals surface area contributed by atoms with Gasteiger partial charge in [0.1, 0.15) is 6.07 Å². The first-order chi connectivity index (χ1) is 7.99. The summed E-state index contributed by atoms with van der Waals surface area (Å²) < 4.78 is 25.3. The minimum Gasteiger partial charge on any atom is -0.481 e. The molecule has 0 radical (unpaired) electrons. The van der Waals surface area contributed by atoms with E-state index in [4.69, 9.17) is 10.4 Å². The molecule has 17 heavy (non-hydrogen) atoms. The molecule has 7 heteroatoms. The highest BCUT2D eigenvalue weighted by Crippen LogP contribution is 2.25. The Morgan fingerprint density at radius 2 is 2.24 bits per heavy atom. The van der Waals surface area contributed by atoms with E-state index in [-0.39, 0.29) is 27.8 Å². The summed E-state index contributed by atoms with van der Waals surface area (Å²) in [6, 6.07) is 2.67. The van der Waals surface area contributed by atoms with Gasteiger partial charge in [-0.3, -0.25) is 9.78 Å². The van der Waals surface area contributed by atoms with Gasteiger partial charge in [0.15, 0.2) is 0 Å². The first-order valence-corrected chi connectivity index (χ1v) is 5.60. The van der Waals surface area contributed by atoms with Gasteiger partial charge < -0.3 is 5.11 Å². The van der Waals surface area contributed by atoms with Gasteiger partial charge in [-0.15, -0.1) is 0 Å². The predicted molar refractivity (Wildman–Crippen MR) is 57.9 cm³/mol. The third kappa shape index (κ3) is 3.20. The van der Waals surface area contributed by atoms with E-state index in [1.54, 1.807) is 6.07 Å². The van der Waals surface area contributed by atoms with Crippen LogP contribution in [0.25, 0.3) is 0 Å². The second-order valence-corrected chi connectivity index (χ2v) is 3.70. The molecule has 0 aliphatic rings. The Hall–Kier alpha value is -1.55. The maximum absolute atomic E-state index is 12.6. The van der Waals surface area contributed by atoms with Crippen molar-refractivity contribution in [3.05, 3.63) is 28.6 Å². The number of rotatable bonds is 4. The Morgan fingerprint density at radius 3 is 2.65 bits per heavy atom. The van der Waals surface area contributed by atoms with Crippen molar-refractivity contribution in [2.45, 2.75) is 18.2 Å². The number of aliphatic carboxylic acids is 1. The van der Waals surface area contributed by atoms with Crippen LogP contribution in [-0.4, -0.2) is 16.1 Å². The first-order valence-electron chi connectivity index (χ1n) is 4.48. The fourth-order valence-electron chi connectivity index (χ4n) is 1.28. The number of carboxylic acid groups (broad SMARTS) is 1. The first kappa shape index (κ1) is 13.5. The number of pyridine rings is 1. The molecule has 0 saturated carbocycles. The molecule has 4 nitrogen and oxygen atoms in total. The summed E-state index contributed by atoms with van der Waals surface area (Å²) >= 11 is 3.00. The van der Waals surface area contributed by atoms with Crippen molar-refractivity contribution in [1.82, 2.24) is 4.98 Å². The molecule has 1 N–H and O–H groups in total. The molecule has 1 rings (SSSR count). The standard InChI is InChI=1S/C10H7BrF2N2O2/c11-3-8-6(10(12)13)1-5(4-14)7(15-8)2-9(16)17/h1,10H,2-3H2,(H,16,17). The van der Waals surface area contributed by atoms with Crippen LogP contribution in [0.5, 0.6) is 0 Å². The molecule has 0 spiro atoms. The second kappa shape index (κ2) is 5.68. The molecule has 1 aromatic rings. The summed E-state index contributed by atoms with van der Waals surface area (Å²) in [6.07, 6.45) is -3.21. The summed E-state index contributed by atoms with van der Waals surface area (Å²) in [4.78, 5) is 14.3. The molecule has 0 aromatic carbocycles. The van der Waals surface area contributed by atoms with Crippen molar-refractivity contribution in [3.8, 4) is 6.07 Å². The number of nitriles is 1. The quantitative estimate of drug-likeness (QED) is 0.867. The lowest BCUT2D eigenvalue weighted by atomic mass is 10.1. The third-order valence-corrected chi connectivity index (χ3v) is 2.55. The van der Waals surface area contributed by atoms with Crippen LogP contribution in [0, 0.1) is 11.3 Å². The number of alkyl halides is 3. The van der Waals surface area contributed by atoms with Gasteiger partial charge in [-0.25, -0.2) is 8.78 Å². The number of carbonyl (C=O) groups is 1. The Morgan fingerprint density at radius 1 is 1.59 bits per heavy atom. The van der Waals surface area contributed by atoms with Crippen LogP contribution in [0.15, 0.2) is 6.07 Å². The van der Waals surface area contributed by atoms with E-state index in [0.717, 1.165) is 6.07 Å². The minimum atomic E-state index is -2.75. The highest BCUT2D eigenvalue weighted by atomic mass is 79.9. The van der Waals surface area contributed by atoms with Gasteiger partial charge in [0.05, 0.1) is 23.4 Å². The predicted octanol–water partition coefficient (Wildman–Crippen LogP) is 2.41. The number of halogens is 3. The van der Waals surface area contributed by atoms with Crippen molar-refractivity contribution < 1.29 is 18.7 Å². The van der Waals surface area contributed by atoms with Crippen LogP contribution < -0.4 is 0 Å². The Labute approximate surface area is 104 Å². The average Bonchev–Trinajstić information content (AvgIpc) is 2.27. The number of hydrogen-bond acceptors (Lipinski definition) is 3. The van der Waals surface area contributed by atoms with E-state index >= 15 is 0 Å². The van der Waals surface area contributed by atoms with Crippen LogP contribution in [0.3, 0.4) is 0 Å². The highest BCUT2D eigenvalue weighted by molar-refractivity contribution is 9.08. The van der Waals surface area contributed by atoms with Crippen molar-refractivity contribution in [2.24, 2.45) is 0 Å². The number of nitrogens with zero attached hydrogens (tertiary/aromatic N) is 2. The fourth-order valence-corrected chi connectivity index (χ4v) is 1.73. The van der Waals surface area contributed by atoms with Gasteiger partial charge >= 0.3 is 5.97 Å². The largest absolute Gasteiger partial charge is 0.481 e. The molecule has 0 fully saturated rings. The maximum atomic E-state index is 12.6. The van der Waals surface area contributed by atoms with E-state index in [1.807, 2.05) is 0 Å². The van der Waals surface area contributed by atoms with Gasteiger partial charge in [-0.05, 0) is 6.07 Å². The zero-order valence-electron chi connectivity index (χ0n) is 8.45. The van der Waals surface area contributed by atoms with Crippen molar-refractivity contribution in [1.29, 1.82) is 5.26 Å². The molecule has 0 amide bonds. The van der Waals surface area contributed by atoms with Gasteiger partial charge in [0.2, 0.25) is 0 Å². The molecule has 0 unspecified atom stereocenters. The van der Waals surface area contributed by atoms with Crippen LogP contribution in [-0.2, 0) is 16.5 Å². The van der Waals surface area contributed by atoms with Crippen LogP contribution >= 0.6 is 15.9 Å². The molecule has 0 atom stereocenters. The lowest BCUT2D eigenvalue weighted by molar-refractivity contribution is -0.136. The molecule has 0 bridgehead atoms. The van der Waals surface area contributed by atoms with Gasteiger partial charge in [-0.2, -0.15) is 5.26 Å². The number of hydrogen-bond donors (Lipinski definition) is 1. The van der Waals surface area contributed by atoms with Gasteiger partial charge in [0, 0.05) is 10.9 Å². The minimum absolute atomic E-state index is 0.00106. The molecular weight excluding hydrogens is 298 g/mol. The molecule has 1 heterocycles. The summed E-state index contributed by atoms with van der Waals surface area (Å²) in [6.45, 7) is 0. The Kier molecular flexibility index (Phi) is 4.52. The third-order valence-electron chi connectivity index (χ3n) is 2.01. The highest BCUT2D eigenvalue weighted by Gasteiger charge is 2.18. The SMILES string of the molecule is N#Cc1cc(C(F)F)c(CBr)nc1CC(=O)O. The number of aromatic nitrogens is 1. The molecule has 90 valence electrons. The fraction of sp³-hybridized carbons (Fsp3) is 0.300. The monoisotopic (exact) mass is 304 g/mol. The summed E-state index contributed by atoms with van der Waals surface area (Å²) in [7, 11) is 0. The van der Waals surface area contributed by atoms with Crippen molar-refractivity contribution >= 4 is 21.9 Å². The topological polar surface area (TPSA) is 74.0 Å². The van der Waals surface area contributed by atoms with E-state index in [9.17, 15) is 13.6 Å². The van der Waals surface area contributed by atoms with Crippen LogP contribution in [0.4, 0.5) is 8.78 Å². The van der Waals surface area contributed by atoms with E-state index < -0.39 is 18.8 Å². The summed E-state index contributed by atoms with van der Waals surface area (Å²) in [5.41, 5.74) is -0.436. The number of carboxylic acids is 1. The molecular formula is C10H7BrF2N2O2. The Bertz CT molecular complexity index is 486. The second-order valence-electron chi connectivity index (χ2n) is 3.14. The van der Waals surface area contributed by atoms with E-state index in [2.05, 4.69) is 20.9 Å². The Balaban J connectivity index is 3.33. The van der Waals surface area contributed by atoms with E-state index in [1.165, 1.54) is 0 Å². The van der Waals surface area contributed by atoms with Crippen molar-refractivity contribution in [2.75, 3.05) is 0 Å². The maximum Gasteiger partial charge on any atom is 0.309 e. The van der Waals surface area contributed by atoms with Crippen LogP contribution in [0.2, 0.25) is 0 Å². The smallest absolute Gasteiger partial charge is 0.309 e. The molecule has 1 aromatic heterocycles. The zero-order chi connectivity index (χ0) is 13.0. The van der Waals surface area contributed by atoms with Crippen molar-refractivity contribution in [3.63, 3.8) is 0 Å². The van der Waals surface area contributed by atoms with Gasteiger partial charge in [0.25, 0.3) is 6.43 Å². The zero-order valence-corrected chi connectivity index (χ0v) is 10.0. The normalized spacial score (nSPS) is 10.3. The molecule has 0 saturated heterocycles. The lowest BCUT2D eigenvalue weighted by Crippen LogP contribution is -2.08. The summed E-state index contributed by atoms with van der Waals surface area (Å²) in [5.74, 6) is -1.17. The molecule has 0 aliphatic carbocycles. The van der Waals surface area contributed by atoms with E-state index in [0.29, 0.717) is 0 Å². The van der Waals surface area contributed by atoms with Crippen LogP contribution in [0.1, 0.15) is 28.9 Å².